The molecule has 0 spiro atoms. The van der Waals surface area contributed by atoms with Gasteiger partial charge in [-0.1, -0.05) is 48.4 Å². The largest absolute Gasteiger partial charge is 0.417 e. The van der Waals surface area contributed by atoms with Crippen LogP contribution in [-0.4, -0.2) is 5.91 Å². The van der Waals surface area contributed by atoms with Gasteiger partial charge in [-0.05, 0) is 54.2 Å². The third-order valence-corrected chi connectivity index (χ3v) is 5.14. The molecule has 0 heterocycles. The van der Waals surface area contributed by atoms with Gasteiger partial charge in [0, 0.05) is 5.69 Å². The van der Waals surface area contributed by atoms with Crippen LogP contribution in [0.2, 0.25) is 5.02 Å². The summed E-state index contributed by atoms with van der Waals surface area (Å²) in [6, 6.07) is 9.29. The number of carbonyl (C=O) groups is 1. The summed E-state index contributed by atoms with van der Waals surface area (Å²) < 4.78 is 38.8. The molecule has 0 bridgehead atoms. The number of alkyl halides is 3. The second-order valence-corrected chi connectivity index (χ2v) is 6.95. The Kier molecular flexibility index (Phi) is 5.61. The maximum atomic E-state index is 12.9. The summed E-state index contributed by atoms with van der Waals surface area (Å²) in [5.41, 5.74) is 3.51. The number of hydrogen-bond donors (Lipinski definition) is 1. The lowest BCUT2D eigenvalue weighted by Crippen LogP contribution is -2.16. The highest BCUT2D eigenvalue weighted by Crippen LogP contribution is 2.36. The van der Waals surface area contributed by atoms with E-state index in [1.165, 1.54) is 23.3 Å². The van der Waals surface area contributed by atoms with E-state index in [4.69, 9.17) is 11.6 Å². The average molecular weight is 394 g/mol. The highest BCUT2D eigenvalue weighted by Gasteiger charge is 2.33. The molecule has 2 aromatic carbocycles. The normalized spacial score (nSPS) is 13.7. The van der Waals surface area contributed by atoms with E-state index in [-0.39, 0.29) is 12.0 Å². The summed E-state index contributed by atoms with van der Waals surface area (Å²) in [6.45, 7) is 2.11. The van der Waals surface area contributed by atoms with Crippen LogP contribution in [0.5, 0.6) is 0 Å². The Bertz CT molecular complexity index is 903. The van der Waals surface area contributed by atoms with Crippen molar-refractivity contribution in [3.8, 4) is 0 Å². The molecule has 6 heteroatoms. The van der Waals surface area contributed by atoms with Gasteiger partial charge in [-0.25, -0.2) is 0 Å². The van der Waals surface area contributed by atoms with Crippen LogP contribution in [0.4, 0.5) is 18.9 Å². The van der Waals surface area contributed by atoms with Gasteiger partial charge in [0.2, 0.25) is 5.91 Å². The molecule has 3 rings (SSSR count). The highest BCUT2D eigenvalue weighted by atomic mass is 35.5. The number of benzene rings is 2. The van der Waals surface area contributed by atoms with E-state index in [0.29, 0.717) is 5.69 Å². The molecule has 0 atom stereocenters. The number of carbonyl (C=O) groups excluding carboxylic acids is 1. The van der Waals surface area contributed by atoms with Crippen LogP contribution in [0, 0.1) is 0 Å². The fraction of sp³-hybridized carbons (Fsp3) is 0.286. The number of anilines is 1. The van der Waals surface area contributed by atoms with E-state index in [2.05, 4.69) is 18.3 Å². The van der Waals surface area contributed by atoms with Crippen molar-refractivity contribution in [1.29, 1.82) is 0 Å². The number of amides is 1. The summed E-state index contributed by atoms with van der Waals surface area (Å²) in [4.78, 5) is 12.3. The minimum absolute atomic E-state index is 0.148. The number of aryl methyl sites for hydroxylation is 1. The Morgan fingerprint density at radius 1 is 1.19 bits per heavy atom. The number of nitrogens with one attached hydrogen (secondary N) is 1. The van der Waals surface area contributed by atoms with Gasteiger partial charge in [-0.15, -0.1) is 0 Å². The molecule has 1 N–H and O–H groups in total. The highest BCUT2D eigenvalue weighted by molar-refractivity contribution is 6.32. The number of hydrogen-bond acceptors (Lipinski definition) is 1. The fourth-order valence-corrected chi connectivity index (χ4v) is 3.51. The van der Waals surface area contributed by atoms with Gasteiger partial charge >= 0.3 is 6.18 Å². The third-order valence-electron chi connectivity index (χ3n) is 4.69. The van der Waals surface area contributed by atoms with Gasteiger partial charge in [0.15, 0.2) is 0 Å². The first-order chi connectivity index (χ1) is 12.8. The minimum atomic E-state index is -4.55. The van der Waals surface area contributed by atoms with E-state index >= 15 is 0 Å². The molecular formula is C21H19ClF3NO. The van der Waals surface area contributed by atoms with Crippen LogP contribution in [0.25, 0.3) is 6.08 Å². The predicted octanol–water partition coefficient (Wildman–Crippen LogP) is 6.28. The van der Waals surface area contributed by atoms with Crippen molar-refractivity contribution in [2.75, 3.05) is 5.32 Å². The van der Waals surface area contributed by atoms with Crippen molar-refractivity contribution in [1.82, 2.24) is 0 Å². The van der Waals surface area contributed by atoms with Crippen molar-refractivity contribution in [3.05, 3.63) is 69.2 Å². The summed E-state index contributed by atoms with van der Waals surface area (Å²) in [5.74, 6) is -0.410. The molecule has 142 valence electrons. The molecule has 0 aromatic heterocycles. The molecule has 27 heavy (non-hydrogen) atoms. The molecule has 1 aliphatic rings. The van der Waals surface area contributed by atoms with Crippen LogP contribution >= 0.6 is 11.6 Å². The zero-order chi connectivity index (χ0) is 19.6. The molecule has 2 nitrogen and oxygen atoms in total. The van der Waals surface area contributed by atoms with Crippen molar-refractivity contribution in [2.24, 2.45) is 0 Å². The number of fused-ring (bicyclic) bond motifs is 1. The van der Waals surface area contributed by atoms with Gasteiger partial charge in [0.25, 0.3) is 0 Å². The van der Waals surface area contributed by atoms with Crippen LogP contribution in [-0.2, 0) is 23.8 Å². The molecule has 0 saturated heterocycles. The lowest BCUT2D eigenvalue weighted by atomic mass is 9.91. The lowest BCUT2D eigenvalue weighted by Gasteiger charge is -2.17. The Labute approximate surface area is 161 Å². The Balaban J connectivity index is 1.75. The van der Waals surface area contributed by atoms with Gasteiger partial charge < -0.3 is 5.32 Å². The van der Waals surface area contributed by atoms with E-state index in [0.717, 1.165) is 30.9 Å². The maximum Gasteiger partial charge on any atom is 0.417 e. The van der Waals surface area contributed by atoms with E-state index in [1.54, 1.807) is 0 Å². The molecule has 1 amide bonds. The maximum absolute atomic E-state index is 12.9. The standard InChI is InChI=1S/C21H19ClF3NO/c1-2-13-6-7-14-8-9-17(11-16(14)10-13)26-19(27)12-15-4-3-5-18(20(15)22)21(23,24)25/h3-5,8-11H,2,6-7,12H2,1H3,(H,26,27). The van der Waals surface area contributed by atoms with Crippen molar-refractivity contribution in [3.63, 3.8) is 0 Å². The monoisotopic (exact) mass is 393 g/mol. The van der Waals surface area contributed by atoms with Gasteiger partial charge in [-0.2, -0.15) is 13.2 Å². The first-order valence-electron chi connectivity index (χ1n) is 8.74. The number of halogens is 4. The Morgan fingerprint density at radius 3 is 2.67 bits per heavy atom. The van der Waals surface area contributed by atoms with Crippen LogP contribution in [0.15, 0.2) is 42.0 Å². The van der Waals surface area contributed by atoms with Crippen LogP contribution < -0.4 is 5.32 Å². The minimum Gasteiger partial charge on any atom is -0.326 e. The molecule has 2 aromatic rings. The quantitative estimate of drug-likeness (QED) is 0.650. The lowest BCUT2D eigenvalue weighted by molar-refractivity contribution is -0.137. The Morgan fingerprint density at radius 2 is 1.96 bits per heavy atom. The third kappa shape index (κ3) is 4.53. The van der Waals surface area contributed by atoms with E-state index < -0.39 is 22.7 Å². The second kappa shape index (κ2) is 7.77. The first-order valence-corrected chi connectivity index (χ1v) is 9.12. The van der Waals surface area contributed by atoms with Gasteiger partial charge in [0.05, 0.1) is 17.0 Å². The molecule has 0 aliphatic heterocycles. The number of allylic oxidation sites excluding steroid dienone is 1. The molecule has 1 aliphatic carbocycles. The van der Waals surface area contributed by atoms with Crippen molar-refractivity contribution in [2.45, 2.75) is 38.8 Å². The Hall–Kier alpha value is -2.27. The molecule has 0 unspecified atom stereocenters. The SMILES string of the molecule is CCC1=Cc2cc(NC(=O)Cc3cccc(C(F)(F)F)c3Cl)ccc2CC1. The average Bonchev–Trinajstić information content (AvgIpc) is 2.61. The molecule has 0 radical (unpaired) electrons. The zero-order valence-corrected chi connectivity index (χ0v) is 15.5. The van der Waals surface area contributed by atoms with E-state index in [9.17, 15) is 18.0 Å². The molecule has 0 fully saturated rings. The number of rotatable bonds is 4. The molecule has 0 saturated carbocycles. The van der Waals surface area contributed by atoms with Crippen molar-refractivity contribution < 1.29 is 18.0 Å². The summed E-state index contributed by atoms with van der Waals surface area (Å²) in [7, 11) is 0. The van der Waals surface area contributed by atoms with Crippen LogP contribution in [0.3, 0.4) is 0 Å². The first kappa shape index (κ1) is 19.5. The topological polar surface area (TPSA) is 29.1 Å². The summed E-state index contributed by atoms with van der Waals surface area (Å²) in [6.07, 6.45) is 0.371. The van der Waals surface area contributed by atoms with Crippen molar-refractivity contribution >= 4 is 29.3 Å². The zero-order valence-electron chi connectivity index (χ0n) is 14.8. The van der Waals surface area contributed by atoms with Crippen LogP contribution in [0.1, 0.15) is 42.0 Å². The summed E-state index contributed by atoms with van der Waals surface area (Å²) >= 11 is 5.86. The second-order valence-electron chi connectivity index (χ2n) is 6.57. The van der Waals surface area contributed by atoms with Gasteiger partial charge in [0.1, 0.15) is 0 Å². The fourth-order valence-electron chi connectivity index (χ4n) is 3.21. The predicted molar refractivity (Wildman–Crippen MR) is 102 cm³/mol. The summed E-state index contributed by atoms with van der Waals surface area (Å²) in [5, 5.41) is 2.32. The smallest absolute Gasteiger partial charge is 0.326 e. The van der Waals surface area contributed by atoms with E-state index in [1.807, 2.05) is 18.2 Å². The molecular weight excluding hydrogens is 375 g/mol. The van der Waals surface area contributed by atoms with Gasteiger partial charge in [-0.3, -0.25) is 4.79 Å².